The predicted octanol–water partition coefficient (Wildman–Crippen LogP) is 6.71. The highest BCUT2D eigenvalue weighted by Gasteiger charge is 2.34. The fourth-order valence-electron chi connectivity index (χ4n) is 2.67. The number of alkyl halides is 2. The number of aryl methyl sites for hydroxylation is 1. The van der Waals surface area contributed by atoms with Gasteiger partial charge in [0.2, 0.25) is 0 Å². The van der Waals surface area contributed by atoms with Crippen LogP contribution in [0.2, 0.25) is 5.02 Å². The number of halogens is 4. The van der Waals surface area contributed by atoms with Gasteiger partial charge in [-0.2, -0.15) is 8.78 Å². The van der Waals surface area contributed by atoms with Crippen LogP contribution >= 0.6 is 11.6 Å². The zero-order chi connectivity index (χ0) is 18.0. The van der Waals surface area contributed by atoms with Crippen LogP contribution in [-0.2, 0) is 12.5 Å². The molecule has 3 aromatic carbocycles. The number of fused-ring (bicyclic) bond motifs is 1. The zero-order valence-electron chi connectivity index (χ0n) is 13.5. The van der Waals surface area contributed by atoms with Gasteiger partial charge in [0, 0.05) is 5.39 Å². The molecule has 5 heteroatoms. The molecule has 0 aliphatic carbocycles. The van der Waals surface area contributed by atoms with Crippen molar-refractivity contribution in [1.29, 1.82) is 0 Å². The normalized spacial score (nSPS) is 11.7. The molecule has 3 aromatic rings. The van der Waals surface area contributed by atoms with Crippen molar-refractivity contribution in [3.05, 3.63) is 76.6 Å². The lowest BCUT2D eigenvalue weighted by Gasteiger charge is -2.19. The van der Waals surface area contributed by atoms with E-state index in [0.717, 1.165) is 18.4 Å². The van der Waals surface area contributed by atoms with Crippen molar-refractivity contribution in [2.75, 3.05) is 0 Å². The van der Waals surface area contributed by atoms with Crippen molar-refractivity contribution in [3.63, 3.8) is 0 Å². The van der Waals surface area contributed by atoms with E-state index in [-0.39, 0.29) is 21.7 Å². The standard InChI is InChI=1S/C20H16ClF3O/c1-2-3-13-4-7-15(8-5-13)20(23,24)25-16-9-10-17-14(12-16)6-11-18(21)19(17)22/h4-12H,2-3H2,1H3. The van der Waals surface area contributed by atoms with Crippen LogP contribution in [0.3, 0.4) is 0 Å². The number of hydrogen-bond acceptors (Lipinski definition) is 1. The first kappa shape index (κ1) is 17.6. The fraction of sp³-hybridized carbons (Fsp3) is 0.200. The average Bonchev–Trinajstić information content (AvgIpc) is 2.59. The maximum Gasteiger partial charge on any atom is 0.426 e. The van der Waals surface area contributed by atoms with Crippen molar-refractivity contribution < 1.29 is 17.9 Å². The zero-order valence-corrected chi connectivity index (χ0v) is 14.3. The van der Waals surface area contributed by atoms with Crippen LogP contribution in [0.5, 0.6) is 5.75 Å². The second kappa shape index (κ2) is 6.96. The highest BCUT2D eigenvalue weighted by Crippen LogP contribution is 2.34. The topological polar surface area (TPSA) is 9.23 Å². The van der Waals surface area contributed by atoms with Gasteiger partial charge in [0.1, 0.15) is 11.6 Å². The Morgan fingerprint density at radius 1 is 1.00 bits per heavy atom. The molecule has 0 aliphatic heterocycles. The minimum absolute atomic E-state index is 0.0151. The molecule has 0 heterocycles. The molecular formula is C20H16ClF3O. The van der Waals surface area contributed by atoms with Crippen LogP contribution in [0.4, 0.5) is 13.2 Å². The summed E-state index contributed by atoms with van der Waals surface area (Å²) in [4.78, 5) is 0. The van der Waals surface area contributed by atoms with E-state index in [1.807, 2.05) is 6.92 Å². The maximum absolute atomic E-state index is 14.4. The number of ether oxygens (including phenoxy) is 1. The summed E-state index contributed by atoms with van der Waals surface area (Å²) in [7, 11) is 0. The summed E-state index contributed by atoms with van der Waals surface area (Å²) in [6, 6.07) is 13.1. The molecule has 0 radical (unpaired) electrons. The van der Waals surface area contributed by atoms with Gasteiger partial charge in [0.25, 0.3) is 0 Å². The van der Waals surface area contributed by atoms with Gasteiger partial charge in [-0.25, -0.2) is 4.39 Å². The summed E-state index contributed by atoms with van der Waals surface area (Å²) in [5.74, 6) is -0.624. The fourth-order valence-corrected chi connectivity index (χ4v) is 2.83. The maximum atomic E-state index is 14.4. The molecule has 0 saturated heterocycles. The highest BCUT2D eigenvalue weighted by atomic mass is 35.5. The molecule has 0 saturated carbocycles. The molecular weight excluding hydrogens is 349 g/mol. The molecule has 0 unspecified atom stereocenters. The lowest BCUT2D eigenvalue weighted by atomic mass is 10.1. The molecule has 0 bridgehead atoms. The van der Waals surface area contributed by atoms with Gasteiger partial charge in [-0.15, -0.1) is 0 Å². The Balaban J connectivity index is 1.87. The molecule has 0 aromatic heterocycles. The number of benzene rings is 3. The van der Waals surface area contributed by atoms with E-state index in [4.69, 9.17) is 16.3 Å². The minimum Gasteiger partial charge on any atom is -0.429 e. The lowest BCUT2D eigenvalue weighted by Crippen LogP contribution is -2.21. The Morgan fingerprint density at radius 2 is 1.72 bits per heavy atom. The van der Waals surface area contributed by atoms with E-state index in [1.165, 1.54) is 36.4 Å². The average molecular weight is 365 g/mol. The third-order valence-corrected chi connectivity index (χ3v) is 4.25. The number of rotatable bonds is 5. The Labute approximate surface area is 149 Å². The van der Waals surface area contributed by atoms with Crippen molar-refractivity contribution in [1.82, 2.24) is 0 Å². The third-order valence-electron chi connectivity index (χ3n) is 3.95. The summed E-state index contributed by atoms with van der Waals surface area (Å²) in [5.41, 5.74) is 0.773. The van der Waals surface area contributed by atoms with Gasteiger partial charge in [-0.05, 0) is 53.8 Å². The number of hydrogen-bond donors (Lipinski definition) is 0. The van der Waals surface area contributed by atoms with Crippen molar-refractivity contribution in [3.8, 4) is 5.75 Å². The van der Waals surface area contributed by atoms with Gasteiger partial charge in [0.05, 0.1) is 10.6 Å². The summed E-state index contributed by atoms with van der Waals surface area (Å²) in [5, 5.41) is 0.680. The van der Waals surface area contributed by atoms with E-state index in [1.54, 1.807) is 18.2 Å². The SMILES string of the molecule is CCCc1ccc(C(F)(F)Oc2ccc3c(F)c(Cl)ccc3c2)cc1. The summed E-state index contributed by atoms with van der Waals surface area (Å²) < 4.78 is 47.6. The monoisotopic (exact) mass is 364 g/mol. The molecule has 130 valence electrons. The van der Waals surface area contributed by atoms with Crippen LogP contribution in [0, 0.1) is 5.82 Å². The Morgan fingerprint density at radius 3 is 2.40 bits per heavy atom. The largest absolute Gasteiger partial charge is 0.429 e. The smallest absolute Gasteiger partial charge is 0.426 e. The van der Waals surface area contributed by atoms with Gasteiger partial charge in [-0.1, -0.05) is 43.1 Å². The second-order valence-electron chi connectivity index (χ2n) is 5.81. The third kappa shape index (κ3) is 3.74. The molecule has 3 rings (SSSR count). The first-order chi connectivity index (χ1) is 11.9. The molecule has 25 heavy (non-hydrogen) atoms. The van der Waals surface area contributed by atoms with Crippen LogP contribution in [0.15, 0.2) is 54.6 Å². The van der Waals surface area contributed by atoms with Crippen molar-refractivity contribution in [2.24, 2.45) is 0 Å². The van der Waals surface area contributed by atoms with Crippen LogP contribution in [0.1, 0.15) is 24.5 Å². The van der Waals surface area contributed by atoms with E-state index < -0.39 is 11.9 Å². The first-order valence-electron chi connectivity index (χ1n) is 7.94. The molecule has 1 nitrogen and oxygen atoms in total. The Bertz CT molecular complexity index is 891. The molecule has 0 spiro atoms. The Hall–Kier alpha value is -2.20. The van der Waals surface area contributed by atoms with E-state index in [2.05, 4.69) is 0 Å². The molecule has 0 atom stereocenters. The van der Waals surface area contributed by atoms with Crippen LogP contribution in [0.25, 0.3) is 10.8 Å². The molecule has 0 amide bonds. The van der Waals surface area contributed by atoms with Gasteiger partial charge >= 0.3 is 6.11 Å². The van der Waals surface area contributed by atoms with E-state index in [9.17, 15) is 13.2 Å². The highest BCUT2D eigenvalue weighted by molar-refractivity contribution is 6.31. The van der Waals surface area contributed by atoms with Gasteiger partial charge < -0.3 is 4.74 Å². The predicted molar refractivity (Wildman–Crippen MR) is 93.9 cm³/mol. The summed E-state index contributed by atoms with van der Waals surface area (Å²) in [6.07, 6.45) is -1.70. The van der Waals surface area contributed by atoms with E-state index in [0.29, 0.717) is 5.39 Å². The van der Waals surface area contributed by atoms with Gasteiger partial charge in [0.15, 0.2) is 0 Å². The molecule has 0 N–H and O–H groups in total. The summed E-state index contributed by atoms with van der Waals surface area (Å²) in [6.45, 7) is 2.03. The second-order valence-corrected chi connectivity index (χ2v) is 6.22. The van der Waals surface area contributed by atoms with Crippen molar-refractivity contribution >= 4 is 22.4 Å². The Kier molecular flexibility index (Phi) is 4.91. The summed E-state index contributed by atoms with van der Waals surface area (Å²) >= 11 is 5.72. The van der Waals surface area contributed by atoms with Crippen LogP contribution < -0.4 is 4.74 Å². The first-order valence-corrected chi connectivity index (χ1v) is 8.32. The molecule has 0 aliphatic rings. The van der Waals surface area contributed by atoms with Crippen LogP contribution in [-0.4, -0.2) is 0 Å². The quantitative estimate of drug-likeness (QED) is 0.488. The minimum atomic E-state index is -3.48. The molecule has 0 fully saturated rings. The lowest BCUT2D eigenvalue weighted by molar-refractivity contribution is -0.185. The van der Waals surface area contributed by atoms with Gasteiger partial charge in [-0.3, -0.25) is 0 Å². The van der Waals surface area contributed by atoms with E-state index >= 15 is 0 Å². The van der Waals surface area contributed by atoms with Crippen molar-refractivity contribution in [2.45, 2.75) is 25.9 Å².